The van der Waals surface area contributed by atoms with Crippen molar-refractivity contribution in [3.05, 3.63) is 34.9 Å². The minimum atomic E-state index is -0.478. The predicted octanol–water partition coefficient (Wildman–Crippen LogP) is 2.29. The third-order valence-electron chi connectivity index (χ3n) is 2.39. The maximum absolute atomic E-state index is 11.4. The third-order valence-corrected chi connectivity index (χ3v) is 2.62. The Bertz CT molecular complexity index is 414. The van der Waals surface area contributed by atoms with Crippen molar-refractivity contribution in [3.8, 4) is 0 Å². The standard InChI is InChI=1S/C11H9ClO3/c12-8-3-1-2-7(6-8)9-4-5-10(13)15-11(9)14/h1-3,6,9H,4-5H2. The van der Waals surface area contributed by atoms with Gasteiger partial charge in [0, 0.05) is 11.4 Å². The van der Waals surface area contributed by atoms with Gasteiger partial charge in [0.05, 0.1) is 5.92 Å². The van der Waals surface area contributed by atoms with Crippen LogP contribution in [0.2, 0.25) is 5.02 Å². The molecular formula is C11H9ClO3. The summed E-state index contributed by atoms with van der Waals surface area (Å²) in [7, 11) is 0. The molecule has 1 aliphatic rings. The maximum atomic E-state index is 11.4. The Kier molecular flexibility index (Phi) is 2.73. The quantitative estimate of drug-likeness (QED) is 0.543. The van der Waals surface area contributed by atoms with Gasteiger partial charge in [-0.1, -0.05) is 23.7 Å². The van der Waals surface area contributed by atoms with Crippen LogP contribution >= 0.6 is 11.6 Å². The first-order valence-electron chi connectivity index (χ1n) is 4.67. The zero-order valence-electron chi connectivity index (χ0n) is 7.90. The minimum Gasteiger partial charge on any atom is -0.393 e. The van der Waals surface area contributed by atoms with Gasteiger partial charge in [0.1, 0.15) is 0 Å². The molecule has 0 amide bonds. The number of cyclic esters (lactones) is 2. The molecule has 0 saturated carbocycles. The predicted molar refractivity (Wildman–Crippen MR) is 54.5 cm³/mol. The number of carbonyl (C=O) groups excluding carboxylic acids is 2. The molecule has 1 saturated heterocycles. The molecule has 3 nitrogen and oxygen atoms in total. The Labute approximate surface area is 92.0 Å². The summed E-state index contributed by atoms with van der Waals surface area (Å²) in [5.41, 5.74) is 0.806. The van der Waals surface area contributed by atoms with Crippen molar-refractivity contribution in [1.82, 2.24) is 0 Å². The van der Waals surface area contributed by atoms with Gasteiger partial charge in [0.2, 0.25) is 0 Å². The van der Waals surface area contributed by atoms with E-state index in [4.69, 9.17) is 11.6 Å². The molecule has 1 unspecified atom stereocenters. The zero-order valence-corrected chi connectivity index (χ0v) is 8.66. The van der Waals surface area contributed by atoms with Crippen molar-refractivity contribution >= 4 is 23.5 Å². The molecule has 78 valence electrons. The second-order valence-corrected chi connectivity index (χ2v) is 3.88. The lowest BCUT2D eigenvalue weighted by atomic mass is 9.93. The Balaban J connectivity index is 2.24. The van der Waals surface area contributed by atoms with Gasteiger partial charge < -0.3 is 4.74 Å². The molecule has 2 rings (SSSR count). The van der Waals surface area contributed by atoms with Gasteiger partial charge in [-0.2, -0.15) is 0 Å². The van der Waals surface area contributed by atoms with Crippen LogP contribution in [-0.2, 0) is 14.3 Å². The van der Waals surface area contributed by atoms with Crippen LogP contribution in [0.4, 0.5) is 0 Å². The molecule has 4 heteroatoms. The van der Waals surface area contributed by atoms with Crippen LogP contribution in [-0.4, -0.2) is 11.9 Å². The molecule has 15 heavy (non-hydrogen) atoms. The van der Waals surface area contributed by atoms with Gasteiger partial charge in [-0.15, -0.1) is 0 Å². The van der Waals surface area contributed by atoms with Crippen LogP contribution in [0.1, 0.15) is 24.3 Å². The van der Waals surface area contributed by atoms with Gasteiger partial charge in [0.15, 0.2) is 0 Å². The Hall–Kier alpha value is -1.35. The summed E-state index contributed by atoms with van der Waals surface area (Å²) in [6.45, 7) is 0. The fourth-order valence-electron chi connectivity index (χ4n) is 1.64. The van der Waals surface area contributed by atoms with Gasteiger partial charge in [-0.05, 0) is 24.1 Å². The first-order valence-corrected chi connectivity index (χ1v) is 5.04. The van der Waals surface area contributed by atoms with Crippen molar-refractivity contribution in [2.45, 2.75) is 18.8 Å². The molecule has 1 heterocycles. The topological polar surface area (TPSA) is 43.4 Å². The molecule has 1 aliphatic heterocycles. The number of carbonyl (C=O) groups is 2. The minimum absolute atomic E-state index is 0.281. The highest BCUT2D eigenvalue weighted by molar-refractivity contribution is 6.30. The number of esters is 2. The van der Waals surface area contributed by atoms with Crippen LogP contribution in [0.25, 0.3) is 0 Å². The maximum Gasteiger partial charge on any atom is 0.321 e. The molecule has 0 radical (unpaired) electrons. The van der Waals surface area contributed by atoms with E-state index in [1.165, 1.54) is 0 Å². The summed E-state index contributed by atoms with van der Waals surface area (Å²) < 4.78 is 4.57. The fraction of sp³-hybridized carbons (Fsp3) is 0.273. The number of hydrogen-bond donors (Lipinski definition) is 0. The Morgan fingerprint density at radius 2 is 2.13 bits per heavy atom. The molecule has 1 fully saturated rings. The van der Waals surface area contributed by atoms with E-state index in [0.29, 0.717) is 11.4 Å². The summed E-state index contributed by atoms with van der Waals surface area (Å²) in [5.74, 6) is -1.28. The molecule has 0 bridgehead atoms. The van der Waals surface area contributed by atoms with Gasteiger partial charge in [0.25, 0.3) is 0 Å². The summed E-state index contributed by atoms with van der Waals surface area (Å²) >= 11 is 5.82. The lowest BCUT2D eigenvalue weighted by molar-refractivity contribution is -0.164. The van der Waals surface area contributed by atoms with Crippen molar-refractivity contribution in [3.63, 3.8) is 0 Å². The Morgan fingerprint density at radius 1 is 1.33 bits per heavy atom. The first-order chi connectivity index (χ1) is 7.16. The Morgan fingerprint density at radius 3 is 2.80 bits per heavy atom. The lowest BCUT2D eigenvalue weighted by Gasteiger charge is -2.19. The second kappa shape index (κ2) is 4.03. The molecule has 1 atom stereocenters. The van der Waals surface area contributed by atoms with E-state index >= 15 is 0 Å². The summed E-state index contributed by atoms with van der Waals surface area (Å²) in [6.07, 6.45) is 0.779. The average Bonchev–Trinajstić information content (AvgIpc) is 2.17. The van der Waals surface area contributed by atoms with E-state index in [1.807, 2.05) is 6.07 Å². The van der Waals surface area contributed by atoms with Gasteiger partial charge in [-0.25, -0.2) is 0 Å². The molecule has 0 aliphatic carbocycles. The average molecular weight is 225 g/mol. The van der Waals surface area contributed by atoms with E-state index in [-0.39, 0.29) is 12.3 Å². The first kappa shape index (κ1) is 10.2. The van der Waals surface area contributed by atoms with Crippen molar-refractivity contribution in [2.24, 2.45) is 0 Å². The van der Waals surface area contributed by atoms with Crippen molar-refractivity contribution in [1.29, 1.82) is 0 Å². The van der Waals surface area contributed by atoms with E-state index in [0.717, 1.165) is 5.56 Å². The summed E-state index contributed by atoms with van der Waals surface area (Å²) in [6, 6.07) is 7.06. The molecule has 1 aromatic carbocycles. The van der Waals surface area contributed by atoms with E-state index in [2.05, 4.69) is 4.74 Å². The second-order valence-electron chi connectivity index (χ2n) is 3.44. The third kappa shape index (κ3) is 2.18. The number of hydrogen-bond acceptors (Lipinski definition) is 3. The van der Waals surface area contributed by atoms with Crippen LogP contribution in [0.3, 0.4) is 0 Å². The number of halogens is 1. The monoisotopic (exact) mass is 224 g/mol. The van der Waals surface area contributed by atoms with Crippen LogP contribution < -0.4 is 0 Å². The lowest BCUT2D eigenvalue weighted by Crippen LogP contribution is -2.26. The normalized spacial score (nSPS) is 21.3. The molecular weight excluding hydrogens is 216 g/mol. The highest BCUT2D eigenvalue weighted by Crippen LogP contribution is 2.28. The smallest absolute Gasteiger partial charge is 0.321 e. The number of benzene rings is 1. The molecule has 0 N–H and O–H groups in total. The van der Waals surface area contributed by atoms with Crippen molar-refractivity contribution < 1.29 is 14.3 Å². The number of ether oxygens (including phenoxy) is 1. The van der Waals surface area contributed by atoms with Crippen molar-refractivity contribution in [2.75, 3.05) is 0 Å². The highest BCUT2D eigenvalue weighted by Gasteiger charge is 2.30. The molecule has 0 spiro atoms. The SMILES string of the molecule is O=C1CCC(c2cccc(Cl)c2)C(=O)O1. The molecule has 0 aromatic heterocycles. The molecule has 1 aromatic rings. The van der Waals surface area contributed by atoms with Gasteiger partial charge >= 0.3 is 11.9 Å². The van der Waals surface area contributed by atoms with E-state index < -0.39 is 11.9 Å². The van der Waals surface area contributed by atoms with E-state index in [9.17, 15) is 9.59 Å². The van der Waals surface area contributed by atoms with Crippen LogP contribution in [0.15, 0.2) is 24.3 Å². The largest absolute Gasteiger partial charge is 0.393 e. The fourth-order valence-corrected chi connectivity index (χ4v) is 1.84. The summed E-state index contributed by atoms with van der Waals surface area (Å²) in [5, 5.41) is 0.581. The van der Waals surface area contributed by atoms with Gasteiger partial charge in [-0.3, -0.25) is 9.59 Å². The van der Waals surface area contributed by atoms with E-state index in [1.54, 1.807) is 18.2 Å². The van der Waals surface area contributed by atoms with Crippen LogP contribution in [0.5, 0.6) is 0 Å². The number of rotatable bonds is 1. The summed E-state index contributed by atoms with van der Waals surface area (Å²) in [4.78, 5) is 22.3. The zero-order chi connectivity index (χ0) is 10.8. The highest BCUT2D eigenvalue weighted by atomic mass is 35.5. The van der Waals surface area contributed by atoms with Crippen LogP contribution in [0, 0.1) is 0 Å².